The first kappa shape index (κ1) is 11.9. The minimum absolute atomic E-state index is 0.0560. The van der Waals surface area contributed by atoms with Crippen molar-refractivity contribution in [3.05, 3.63) is 22.5 Å². The molecule has 1 saturated heterocycles. The van der Waals surface area contributed by atoms with Crippen LogP contribution < -0.4 is 11.4 Å². The van der Waals surface area contributed by atoms with Crippen LogP contribution in [0.3, 0.4) is 0 Å². The summed E-state index contributed by atoms with van der Waals surface area (Å²) < 4.78 is 32.5. The Balaban J connectivity index is 2.35. The van der Waals surface area contributed by atoms with Crippen molar-refractivity contribution < 1.29 is 18.6 Å². The number of hydrogen-bond donors (Lipinski definition) is 2. The number of alkyl halides is 1. The fourth-order valence-corrected chi connectivity index (χ4v) is 1.70. The summed E-state index contributed by atoms with van der Waals surface area (Å²) in [4.78, 5) is 14.6. The second-order valence-corrected chi connectivity index (χ2v) is 3.75. The van der Waals surface area contributed by atoms with Gasteiger partial charge in [-0.25, -0.2) is 13.6 Å². The Labute approximate surface area is 94.6 Å². The lowest BCUT2D eigenvalue weighted by molar-refractivity contribution is -0.0397. The molecule has 0 spiro atoms. The molecule has 94 valence electrons. The molecular formula is C9H11F2N3O3. The normalized spacial score (nSPS) is 28.5. The lowest BCUT2D eigenvalue weighted by Gasteiger charge is -2.16. The van der Waals surface area contributed by atoms with Crippen LogP contribution in [0, 0.1) is 5.82 Å². The molecule has 1 aromatic rings. The van der Waals surface area contributed by atoms with E-state index < -0.39 is 35.8 Å². The van der Waals surface area contributed by atoms with Crippen molar-refractivity contribution in [1.82, 2.24) is 9.55 Å². The zero-order chi connectivity index (χ0) is 12.6. The van der Waals surface area contributed by atoms with Gasteiger partial charge in [-0.15, -0.1) is 0 Å². The maximum atomic E-state index is 13.5. The number of halogens is 2. The number of aliphatic hydroxyl groups is 1. The van der Waals surface area contributed by atoms with E-state index in [1.165, 1.54) is 0 Å². The molecule has 0 aromatic carbocycles. The van der Waals surface area contributed by atoms with Gasteiger partial charge in [0.2, 0.25) is 0 Å². The molecule has 1 fully saturated rings. The van der Waals surface area contributed by atoms with Crippen molar-refractivity contribution >= 4 is 5.82 Å². The molecule has 3 N–H and O–H groups in total. The van der Waals surface area contributed by atoms with E-state index in [1.807, 2.05) is 0 Å². The summed E-state index contributed by atoms with van der Waals surface area (Å²) in [6.07, 6.45) is -2.79. The monoisotopic (exact) mass is 247 g/mol. The van der Waals surface area contributed by atoms with Crippen molar-refractivity contribution in [2.45, 2.75) is 24.9 Å². The second-order valence-electron chi connectivity index (χ2n) is 3.75. The summed E-state index contributed by atoms with van der Waals surface area (Å²) in [5, 5.41) is 8.83. The summed E-state index contributed by atoms with van der Waals surface area (Å²) in [5.74, 6) is -1.47. The summed E-state index contributed by atoms with van der Waals surface area (Å²) >= 11 is 0. The molecule has 3 atom stereocenters. The summed E-state index contributed by atoms with van der Waals surface area (Å²) in [6, 6.07) is 0. The molecule has 8 heteroatoms. The van der Waals surface area contributed by atoms with Gasteiger partial charge < -0.3 is 15.6 Å². The van der Waals surface area contributed by atoms with Crippen LogP contribution >= 0.6 is 0 Å². The van der Waals surface area contributed by atoms with Crippen LogP contribution in [0.1, 0.15) is 12.6 Å². The highest BCUT2D eigenvalue weighted by atomic mass is 19.1. The summed E-state index contributed by atoms with van der Waals surface area (Å²) in [7, 11) is 0. The zero-order valence-corrected chi connectivity index (χ0v) is 8.72. The van der Waals surface area contributed by atoms with Gasteiger partial charge in [-0.05, 0) is 0 Å². The van der Waals surface area contributed by atoms with Gasteiger partial charge in [-0.1, -0.05) is 0 Å². The van der Waals surface area contributed by atoms with Gasteiger partial charge in [-0.2, -0.15) is 4.98 Å². The molecule has 2 rings (SSSR count). The highest BCUT2D eigenvalue weighted by molar-refractivity contribution is 5.26. The minimum Gasteiger partial charge on any atom is -0.394 e. The largest absolute Gasteiger partial charge is 0.394 e. The van der Waals surface area contributed by atoms with Gasteiger partial charge in [0.05, 0.1) is 18.9 Å². The number of nitrogens with zero attached hydrogens (tertiary/aromatic N) is 2. The molecule has 0 radical (unpaired) electrons. The molecule has 0 aliphatic carbocycles. The first-order valence-electron chi connectivity index (χ1n) is 4.97. The van der Waals surface area contributed by atoms with Gasteiger partial charge in [0, 0.05) is 6.42 Å². The third-order valence-corrected chi connectivity index (χ3v) is 2.54. The molecule has 0 unspecified atom stereocenters. The van der Waals surface area contributed by atoms with Crippen LogP contribution in [0.4, 0.5) is 14.6 Å². The highest BCUT2D eigenvalue weighted by Crippen LogP contribution is 2.30. The number of rotatable bonds is 2. The molecule has 17 heavy (non-hydrogen) atoms. The first-order chi connectivity index (χ1) is 8.02. The third kappa shape index (κ3) is 2.13. The van der Waals surface area contributed by atoms with E-state index in [-0.39, 0.29) is 13.0 Å². The third-order valence-electron chi connectivity index (χ3n) is 2.54. The quantitative estimate of drug-likeness (QED) is 0.741. The fraction of sp³-hybridized carbons (Fsp3) is 0.556. The van der Waals surface area contributed by atoms with Gasteiger partial charge in [0.1, 0.15) is 6.17 Å². The molecule has 2 heterocycles. The van der Waals surface area contributed by atoms with Crippen molar-refractivity contribution in [3.8, 4) is 0 Å². The van der Waals surface area contributed by atoms with E-state index in [0.29, 0.717) is 4.57 Å². The van der Waals surface area contributed by atoms with Crippen LogP contribution in [0.5, 0.6) is 0 Å². The Morgan fingerprint density at radius 2 is 2.41 bits per heavy atom. The average Bonchev–Trinajstić information content (AvgIpc) is 2.65. The Bertz CT molecular complexity index is 479. The van der Waals surface area contributed by atoms with E-state index >= 15 is 0 Å². The molecule has 0 bridgehead atoms. The maximum absolute atomic E-state index is 13.5. The molecular weight excluding hydrogens is 236 g/mol. The van der Waals surface area contributed by atoms with Crippen LogP contribution in [0.25, 0.3) is 0 Å². The van der Waals surface area contributed by atoms with Gasteiger partial charge in [0.15, 0.2) is 17.9 Å². The SMILES string of the molecule is Nc1nc(=O)n([C@@H]2O[C@H](CO)C[C@H]2F)cc1F. The lowest BCUT2D eigenvalue weighted by atomic mass is 10.2. The van der Waals surface area contributed by atoms with Crippen molar-refractivity contribution in [2.24, 2.45) is 0 Å². The Morgan fingerprint density at radius 1 is 1.71 bits per heavy atom. The van der Waals surface area contributed by atoms with Crippen LogP contribution in [0.15, 0.2) is 11.0 Å². The smallest absolute Gasteiger partial charge is 0.351 e. The molecule has 6 nitrogen and oxygen atoms in total. The Morgan fingerprint density at radius 3 is 3.00 bits per heavy atom. The van der Waals surface area contributed by atoms with E-state index in [4.69, 9.17) is 15.6 Å². The van der Waals surface area contributed by atoms with Crippen LogP contribution in [-0.4, -0.2) is 33.5 Å². The second kappa shape index (κ2) is 4.38. The average molecular weight is 247 g/mol. The topological polar surface area (TPSA) is 90.4 Å². The number of hydrogen-bond acceptors (Lipinski definition) is 5. The summed E-state index contributed by atoms with van der Waals surface area (Å²) in [5.41, 5.74) is 4.21. The van der Waals surface area contributed by atoms with Crippen LogP contribution in [0.2, 0.25) is 0 Å². The van der Waals surface area contributed by atoms with Gasteiger partial charge in [0.25, 0.3) is 0 Å². The van der Waals surface area contributed by atoms with E-state index in [1.54, 1.807) is 0 Å². The number of aromatic nitrogens is 2. The molecule has 1 aromatic heterocycles. The fourth-order valence-electron chi connectivity index (χ4n) is 1.70. The zero-order valence-electron chi connectivity index (χ0n) is 8.72. The van der Waals surface area contributed by atoms with Gasteiger partial charge in [-0.3, -0.25) is 4.57 Å². The summed E-state index contributed by atoms with van der Waals surface area (Å²) in [6.45, 7) is -0.365. The number of nitrogens with two attached hydrogens (primary N) is 1. The lowest BCUT2D eigenvalue weighted by Crippen LogP contribution is -2.31. The first-order valence-corrected chi connectivity index (χ1v) is 4.97. The number of nitrogen functional groups attached to an aromatic ring is 1. The van der Waals surface area contributed by atoms with Gasteiger partial charge >= 0.3 is 5.69 Å². The van der Waals surface area contributed by atoms with Crippen molar-refractivity contribution in [3.63, 3.8) is 0 Å². The predicted octanol–water partition coefficient (Wildman–Crippen LogP) is -0.417. The molecule has 0 amide bonds. The number of ether oxygens (including phenoxy) is 1. The van der Waals surface area contributed by atoms with E-state index in [9.17, 15) is 13.6 Å². The molecule has 0 saturated carbocycles. The number of anilines is 1. The molecule has 1 aliphatic heterocycles. The Hall–Kier alpha value is -1.54. The maximum Gasteiger partial charge on any atom is 0.351 e. The number of aliphatic hydroxyl groups excluding tert-OH is 1. The van der Waals surface area contributed by atoms with Crippen molar-refractivity contribution in [1.29, 1.82) is 0 Å². The predicted molar refractivity (Wildman–Crippen MR) is 53.4 cm³/mol. The van der Waals surface area contributed by atoms with Crippen molar-refractivity contribution in [2.75, 3.05) is 12.3 Å². The van der Waals surface area contributed by atoms with E-state index in [0.717, 1.165) is 6.20 Å². The highest BCUT2D eigenvalue weighted by Gasteiger charge is 2.37. The van der Waals surface area contributed by atoms with E-state index in [2.05, 4.69) is 4.98 Å². The van der Waals surface area contributed by atoms with Crippen LogP contribution in [-0.2, 0) is 4.74 Å². The molecule has 1 aliphatic rings. The minimum atomic E-state index is -1.50. The standard InChI is InChI=1S/C9H11F2N3O3/c10-5-1-4(3-15)17-8(5)14-2-6(11)7(12)13-9(14)16/h2,4-5,8,15H,1,3H2,(H2,12,13,16)/t4-,5+,8+/m0/s1. The Kier molecular flexibility index (Phi) is 3.07.